The van der Waals surface area contributed by atoms with Crippen LogP contribution in [0.15, 0.2) is 53.1 Å². The third kappa shape index (κ3) is 3.85. The Bertz CT molecular complexity index is 900. The number of aromatic nitrogens is 1. The van der Waals surface area contributed by atoms with Gasteiger partial charge in [-0.05, 0) is 19.1 Å². The van der Waals surface area contributed by atoms with E-state index in [9.17, 15) is 4.79 Å². The molecular weight excluding hydrogens is 332 g/mol. The molecule has 0 spiro atoms. The number of ether oxygens (including phenoxy) is 2. The Balaban J connectivity index is 1.68. The van der Waals surface area contributed by atoms with E-state index in [1.807, 2.05) is 37.3 Å². The van der Waals surface area contributed by atoms with Crippen LogP contribution in [0, 0.1) is 6.92 Å². The molecule has 3 aromatic rings. The highest BCUT2D eigenvalue weighted by Gasteiger charge is 2.14. The molecule has 0 saturated carbocycles. The molecule has 0 bridgehead atoms. The van der Waals surface area contributed by atoms with E-state index in [0.29, 0.717) is 28.5 Å². The van der Waals surface area contributed by atoms with E-state index in [1.165, 1.54) is 12.7 Å². The molecule has 0 unspecified atom stereocenters. The van der Waals surface area contributed by atoms with Crippen LogP contribution < -0.4 is 14.8 Å². The molecule has 6 heteroatoms. The maximum atomic E-state index is 12.4. The second-order valence-electron chi connectivity index (χ2n) is 5.80. The summed E-state index contributed by atoms with van der Waals surface area (Å²) in [5.74, 6) is 1.47. The average Bonchev–Trinajstić information content (AvgIpc) is 3.15. The minimum atomic E-state index is -0.260. The Morgan fingerprint density at radius 1 is 1.08 bits per heavy atom. The molecule has 1 heterocycles. The summed E-state index contributed by atoms with van der Waals surface area (Å²) in [5.41, 5.74) is 3.18. The highest BCUT2D eigenvalue weighted by Crippen LogP contribution is 2.25. The Hall–Kier alpha value is -3.28. The zero-order valence-corrected chi connectivity index (χ0v) is 14.9. The average molecular weight is 352 g/mol. The van der Waals surface area contributed by atoms with Crippen molar-refractivity contribution in [3.8, 4) is 22.8 Å². The van der Waals surface area contributed by atoms with Crippen molar-refractivity contribution in [1.29, 1.82) is 0 Å². The number of carbonyl (C=O) groups is 1. The highest BCUT2D eigenvalue weighted by atomic mass is 16.5. The van der Waals surface area contributed by atoms with Crippen molar-refractivity contribution >= 4 is 5.91 Å². The SMILES string of the molecule is COc1ccc(C(=O)NCc2cc(-c3ccc(C)cc3)on2)c(OC)c1. The van der Waals surface area contributed by atoms with Gasteiger partial charge in [0, 0.05) is 17.7 Å². The van der Waals surface area contributed by atoms with Crippen molar-refractivity contribution in [2.75, 3.05) is 14.2 Å². The number of rotatable bonds is 6. The molecular formula is C20H20N2O4. The van der Waals surface area contributed by atoms with Crippen molar-refractivity contribution in [2.45, 2.75) is 13.5 Å². The number of hydrogen-bond acceptors (Lipinski definition) is 5. The van der Waals surface area contributed by atoms with Gasteiger partial charge in [0.2, 0.25) is 0 Å². The molecule has 0 aliphatic carbocycles. The second-order valence-corrected chi connectivity index (χ2v) is 5.80. The van der Waals surface area contributed by atoms with E-state index >= 15 is 0 Å². The largest absolute Gasteiger partial charge is 0.497 e. The molecule has 1 N–H and O–H groups in total. The van der Waals surface area contributed by atoms with Crippen molar-refractivity contribution in [1.82, 2.24) is 10.5 Å². The number of methoxy groups -OCH3 is 2. The first kappa shape index (κ1) is 17.5. The lowest BCUT2D eigenvalue weighted by Crippen LogP contribution is -2.23. The van der Waals surface area contributed by atoms with Gasteiger partial charge in [-0.15, -0.1) is 0 Å². The first-order chi connectivity index (χ1) is 12.6. The number of amides is 1. The minimum absolute atomic E-state index is 0.253. The van der Waals surface area contributed by atoms with Gasteiger partial charge in [0.1, 0.15) is 17.2 Å². The van der Waals surface area contributed by atoms with Gasteiger partial charge in [-0.1, -0.05) is 35.0 Å². The van der Waals surface area contributed by atoms with Gasteiger partial charge < -0.3 is 19.3 Å². The van der Waals surface area contributed by atoms with Crippen LogP contribution in [0.5, 0.6) is 11.5 Å². The molecule has 0 aliphatic heterocycles. The smallest absolute Gasteiger partial charge is 0.255 e. The van der Waals surface area contributed by atoms with Crippen molar-refractivity contribution in [2.24, 2.45) is 0 Å². The number of benzene rings is 2. The molecule has 0 radical (unpaired) electrons. The van der Waals surface area contributed by atoms with Crippen LogP contribution in [0.25, 0.3) is 11.3 Å². The van der Waals surface area contributed by atoms with E-state index in [4.69, 9.17) is 14.0 Å². The van der Waals surface area contributed by atoms with E-state index < -0.39 is 0 Å². The Morgan fingerprint density at radius 2 is 1.85 bits per heavy atom. The van der Waals surface area contributed by atoms with Crippen LogP contribution in [-0.4, -0.2) is 25.3 Å². The number of hydrogen-bond donors (Lipinski definition) is 1. The fourth-order valence-corrected chi connectivity index (χ4v) is 2.50. The molecule has 0 fully saturated rings. The zero-order chi connectivity index (χ0) is 18.5. The monoisotopic (exact) mass is 352 g/mol. The molecule has 6 nitrogen and oxygen atoms in total. The van der Waals surface area contributed by atoms with Crippen LogP contribution in [0.1, 0.15) is 21.6 Å². The van der Waals surface area contributed by atoms with Gasteiger partial charge in [0.15, 0.2) is 5.76 Å². The van der Waals surface area contributed by atoms with Crippen LogP contribution >= 0.6 is 0 Å². The maximum absolute atomic E-state index is 12.4. The molecule has 26 heavy (non-hydrogen) atoms. The third-order valence-corrected chi connectivity index (χ3v) is 3.98. The predicted molar refractivity (Wildman–Crippen MR) is 97.4 cm³/mol. The second kappa shape index (κ2) is 7.74. The lowest BCUT2D eigenvalue weighted by atomic mass is 10.1. The molecule has 2 aromatic carbocycles. The van der Waals surface area contributed by atoms with E-state index in [-0.39, 0.29) is 12.5 Å². The lowest BCUT2D eigenvalue weighted by Gasteiger charge is -2.10. The Labute approximate surface area is 151 Å². The number of nitrogens with zero attached hydrogens (tertiary/aromatic N) is 1. The fraction of sp³-hybridized carbons (Fsp3) is 0.200. The summed E-state index contributed by atoms with van der Waals surface area (Å²) in [6, 6.07) is 14.8. The lowest BCUT2D eigenvalue weighted by molar-refractivity contribution is 0.0947. The van der Waals surface area contributed by atoms with Crippen LogP contribution in [0.3, 0.4) is 0 Å². The molecule has 1 aromatic heterocycles. The molecule has 3 rings (SSSR count). The summed E-state index contributed by atoms with van der Waals surface area (Å²) in [7, 11) is 3.07. The standard InChI is InChI=1S/C20H20N2O4/c1-13-4-6-14(7-5-13)18-10-15(22-26-18)12-21-20(23)17-9-8-16(24-2)11-19(17)25-3/h4-11H,12H2,1-3H3,(H,21,23). The Kier molecular flexibility index (Phi) is 5.22. The summed E-state index contributed by atoms with van der Waals surface area (Å²) in [6.07, 6.45) is 0. The number of aryl methyl sites for hydroxylation is 1. The van der Waals surface area contributed by atoms with E-state index in [0.717, 1.165) is 5.56 Å². The normalized spacial score (nSPS) is 10.4. The summed E-state index contributed by atoms with van der Waals surface area (Å²) < 4.78 is 15.8. The molecule has 134 valence electrons. The zero-order valence-electron chi connectivity index (χ0n) is 14.9. The van der Waals surface area contributed by atoms with Crippen LogP contribution in [0.2, 0.25) is 0 Å². The maximum Gasteiger partial charge on any atom is 0.255 e. The molecule has 0 atom stereocenters. The van der Waals surface area contributed by atoms with Gasteiger partial charge in [-0.3, -0.25) is 4.79 Å². The molecule has 1 amide bonds. The van der Waals surface area contributed by atoms with Crippen molar-refractivity contribution in [3.05, 3.63) is 65.4 Å². The van der Waals surface area contributed by atoms with E-state index in [2.05, 4.69) is 10.5 Å². The van der Waals surface area contributed by atoms with Crippen LogP contribution in [-0.2, 0) is 6.54 Å². The van der Waals surface area contributed by atoms with E-state index in [1.54, 1.807) is 25.3 Å². The van der Waals surface area contributed by atoms with Gasteiger partial charge >= 0.3 is 0 Å². The fourth-order valence-electron chi connectivity index (χ4n) is 2.50. The first-order valence-electron chi connectivity index (χ1n) is 8.13. The topological polar surface area (TPSA) is 73.6 Å². The van der Waals surface area contributed by atoms with Gasteiger partial charge in [0.25, 0.3) is 5.91 Å². The molecule has 0 saturated heterocycles. The number of carbonyl (C=O) groups excluding carboxylic acids is 1. The van der Waals surface area contributed by atoms with Gasteiger partial charge in [-0.25, -0.2) is 0 Å². The quantitative estimate of drug-likeness (QED) is 0.734. The van der Waals surface area contributed by atoms with Gasteiger partial charge in [-0.2, -0.15) is 0 Å². The predicted octanol–water partition coefficient (Wildman–Crippen LogP) is 3.60. The van der Waals surface area contributed by atoms with Gasteiger partial charge in [0.05, 0.1) is 26.3 Å². The summed E-state index contributed by atoms with van der Waals surface area (Å²) in [6.45, 7) is 2.28. The van der Waals surface area contributed by atoms with Crippen LogP contribution in [0.4, 0.5) is 0 Å². The first-order valence-corrected chi connectivity index (χ1v) is 8.13. The number of nitrogens with one attached hydrogen (secondary N) is 1. The van der Waals surface area contributed by atoms with Crippen molar-refractivity contribution < 1.29 is 18.8 Å². The van der Waals surface area contributed by atoms with Crippen molar-refractivity contribution in [3.63, 3.8) is 0 Å². The molecule has 0 aliphatic rings. The Morgan fingerprint density at radius 3 is 2.54 bits per heavy atom. The summed E-state index contributed by atoms with van der Waals surface area (Å²) in [4.78, 5) is 12.4. The highest BCUT2D eigenvalue weighted by molar-refractivity contribution is 5.97. The summed E-state index contributed by atoms with van der Waals surface area (Å²) in [5, 5.41) is 6.83. The third-order valence-electron chi connectivity index (χ3n) is 3.98. The minimum Gasteiger partial charge on any atom is -0.497 e. The summed E-state index contributed by atoms with van der Waals surface area (Å²) >= 11 is 0.